The molecule has 1 aromatic carbocycles. The summed E-state index contributed by atoms with van der Waals surface area (Å²) in [5, 5.41) is 8.51. The van der Waals surface area contributed by atoms with Crippen molar-refractivity contribution in [2.45, 2.75) is 0 Å². The highest BCUT2D eigenvalue weighted by Crippen LogP contribution is 2.37. The van der Waals surface area contributed by atoms with E-state index in [-0.39, 0.29) is 0 Å². The fourth-order valence-electron chi connectivity index (χ4n) is 2.35. The van der Waals surface area contributed by atoms with Crippen molar-refractivity contribution < 1.29 is 13.9 Å². The van der Waals surface area contributed by atoms with Crippen molar-refractivity contribution in [3.8, 4) is 28.8 Å². The Morgan fingerprint density at radius 3 is 2.52 bits per heavy atom. The van der Waals surface area contributed by atoms with Gasteiger partial charge in [0.2, 0.25) is 11.8 Å². The maximum atomic E-state index is 5.56. The minimum absolute atomic E-state index is 0.521. The predicted octanol–water partition coefficient (Wildman–Crippen LogP) is 2.56. The van der Waals surface area contributed by atoms with Crippen molar-refractivity contribution in [2.24, 2.45) is 5.73 Å². The molecule has 9 heteroatoms. The van der Waals surface area contributed by atoms with Gasteiger partial charge in [-0.25, -0.2) is 0 Å². The Balaban J connectivity index is 2.17. The van der Waals surface area contributed by atoms with E-state index in [1.54, 1.807) is 31.1 Å². The third-order valence-corrected chi connectivity index (χ3v) is 4.18. The molecule has 8 nitrogen and oxygen atoms in total. The van der Waals surface area contributed by atoms with Crippen LogP contribution in [0.1, 0.15) is 0 Å². The van der Waals surface area contributed by atoms with E-state index in [0.717, 1.165) is 5.75 Å². The molecular formula is C16H19N5O3S. The molecule has 0 fully saturated rings. The maximum Gasteiger partial charge on any atom is 0.239 e. The molecule has 2 heterocycles. The monoisotopic (exact) mass is 361 g/mol. The van der Waals surface area contributed by atoms with Gasteiger partial charge in [0.15, 0.2) is 5.76 Å². The number of para-hydroxylation sites is 1. The minimum atomic E-state index is 0.521. The molecule has 0 saturated heterocycles. The summed E-state index contributed by atoms with van der Waals surface area (Å²) in [6.45, 7) is 0.550. The number of aromatic nitrogens is 3. The number of benzene rings is 1. The highest BCUT2D eigenvalue weighted by atomic mass is 32.2. The number of ether oxygens (including phenoxy) is 2. The third-order valence-electron chi connectivity index (χ3n) is 3.41. The molecule has 3 N–H and O–H groups in total. The van der Waals surface area contributed by atoms with Crippen LogP contribution in [0.15, 0.2) is 41.0 Å². The van der Waals surface area contributed by atoms with Crippen LogP contribution in [-0.2, 0) is 0 Å². The number of nitrogens with one attached hydrogen (secondary N) is 1. The number of nitrogens with two attached hydrogens (primary N) is 1. The fourth-order valence-corrected chi connectivity index (χ4v) is 2.84. The van der Waals surface area contributed by atoms with Gasteiger partial charge >= 0.3 is 0 Å². The van der Waals surface area contributed by atoms with Crippen molar-refractivity contribution >= 4 is 17.9 Å². The summed E-state index contributed by atoms with van der Waals surface area (Å²) in [6.07, 6.45) is 1.59. The summed E-state index contributed by atoms with van der Waals surface area (Å²) in [4.78, 5) is 0. The van der Waals surface area contributed by atoms with Crippen LogP contribution in [-0.4, -0.2) is 41.3 Å². The second kappa shape index (κ2) is 7.95. The Kier molecular flexibility index (Phi) is 5.46. The van der Waals surface area contributed by atoms with Crippen molar-refractivity contribution in [3.63, 3.8) is 0 Å². The molecule has 0 saturated carbocycles. The van der Waals surface area contributed by atoms with Gasteiger partial charge in [0.25, 0.3) is 0 Å². The number of methoxy groups -OCH3 is 2. The molecule has 25 heavy (non-hydrogen) atoms. The maximum absolute atomic E-state index is 5.56. The number of nitrogens with zero attached hydrogens (tertiary/aromatic N) is 3. The molecule has 0 aliphatic carbocycles. The Hall–Kier alpha value is -2.65. The Bertz CT molecular complexity index is 797. The lowest BCUT2D eigenvalue weighted by molar-refractivity contribution is 0.391. The van der Waals surface area contributed by atoms with Gasteiger partial charge in [-0.2, -0.15) is 0 Å². The van der Waals surface area contributed by atoms with Crippen LogP contribution in [0.4, 0.5) is 5.95 Å². The molecular weight excluding hydrogens is 342 g/mol. The van der Waals surface area contributed by atoms with Crippen LogP contribution in [0.5, 0.6) is 11.5 Å². The lowest BCUT2D eigenvalue weighted by atomic mass is 10.2. The molecule has 0 bridgehead atoms. The van der Waals surface area contributed by atoms with Gasteiger partial charge in [-0.3, -0.25) is 9.29 Å². The highest BCUT2D eigenvalue weighted by molar-refractivity contribution is 8.00. The zero-order valence-electron chi connectivity index (χ0n) is 13.9. The van der Waals surface area contributed by atoms with Crippen molar-refractivity contribution in [1.82, 2.24) is 14.8 Å². The summed E-state index contributed by atoms with van der Waals surface area (Å²) >= 11 is 1.44. The van der Waals surface area contributed by atoms with Crippen molar-refractivity contribution in [3.05, 3.63) is 36.6 Å². The molecule has 0 aliphatic rings. The van der Waals surface area contributed by atoms with Crippen LogP contribution in [0.2, 0.25) is 0 Å². The summed E-state index contributed by atoms with van der Waals surface area (Å²) in [5.41, 5.74) is 6.24. The van der Waals surface area contributed by atoms with E-state index in [1.165, 1.54) is 11.9 Å². The molecule has 132 valence electrons. The topological polar surface area (TPSA) is 100 Å². The van der Waals surface area contributed by atoms with Crippen LogP contribution in [0.25, 0.3) is 17.3 Å². The lowest BCUT2D eigenvalue weighted by Crippen LogP contribution is -2.08. The van der Waals surface area contributed by atoms with Gasteiger partial charge < -0.3 is 19.6 Å². The molecule has 2 aromatic heterocycles. The zero-order chi connectivity index (χ0) is 17.6. The highest BCUT2D eigenvalue weighted by Gasteiger charge is 2.23. The quantitative estimate of drug-likeness (QED) is 0.466. The first-order valence-electron chi connectivity index (χ1n) is 7.58. The van der Waals surface area contributed by atoms with E-state index in [9.17, 15) is 0 Å². The number of hydrogen-bond donors (Lipinski definition) is 2. The van der Waals surface area contributed by atoms with E-state index in [0.29, 0.717) is 41.3 Å². The Morgan fingerprint density at radius 1 is 1.16 bits per heavy atom. The first kappa shape index (κ1) is 17.2. The van der Waals surface area contributed by atoms with Gasteiger partial charge in [0.1, 0.15) is 17.2 Å². The fraction of sp³-hybridized carbons (Fsp3) is 0.250. The normalized spacial score (nSPS) is 10.7. The zero-order valence-corrected chi connectivity index (χ0v) is 14.7. The molecule has 0 atom stereocenters. The van der Waals surface area contributed by atoms with Gasteiger partial charge in [0.05, 0.1) is 20.5 Å². The van der Waals surface area contributed by atoms with Gasteiger partial charge in [-0.15, -0.1) is 10.2 Å². The summed E-state index contributed by atoms with van der Waals surface area (Å²) in [6, 6.07) is 9.17. The molecule has 0 aliphatic heterocycles. The van der Waals surface area contributed by atoms with E-state index in [1.807, 2.05) is 24.3 Å². The average Bonchev–Trinajstić information content (AvgIpc) is 3.30. The molecule has 0 spiro atoms. The standard InChI is InChI=1S/C16H19N5O3S/c1-22-11-5-3-6-12(23-2)14(11)21-15(13-7-4-9-24-13)18-19-16(21)20-25-10-8-17/h3-7,9H,8,10,17H2,1-2H3,(H,19,20). The van der Waals surface area contributed by atoms with Crippen LogP contribution >= 0.6 is 11.9 Å². The van der Waals surface area contributed by atoms with Crippen molar-refractivity contribution in [1.29, 1.82) is 0 Å². The lowest BCUT2D eigenvalue weighted by Gasteiger charge is -2.16. The van der Waals surface area contributed by atoms with E-state index in [2.05, 4.69) is 14.9 Å². The first-order valence-corrected chi connectivity index (χ1v) is 8.57. The largest absolute Gasteiger partial charge is 0.494 e. The van der Waals surface area contributed by atoms with Crippen molar-refractivity contribution in [2.75, 3.05) is 31.2 Å². The van der Waals surface area contributed by atoms with Crippen LogP contribution in [0, 0.1) is 0 Å². The van der Waals surface area contributed by atoms with Gasteiger partial charge in [0, 0.05) is 12.3 Å². The van der Waals surface area contributed by atoms with Crippen LogP contribution < -0.4 is 19.9 Å². The summed E-state index contributed by atoms with van der Waals surface area (Å²) in [7, 11) is 3.21. The number of anilines is 1. The molecule has 0 amide bonds. The number of furan rings is 1. The third kappa shape index (κ3) is 3.42. The summed E-state index contributed by atoms with van der Waals surface area (Å²) in [5.74, 6) is 3.61. The van der Waals surface area contributed by atoms with E-state index >= 15 is 0 Å². The van der Waals surface area contributed by atoms with Gasteiger partial charge in [-0.1, -0.05) is 6.07 Å². The second-order valence-electron chi connectivity index (χ2n) is 4.91. The SMILES string of the molecule is COc1cccc(OC)c1-n1c(NSCCN)nnc1-c1ccco1. The molecule has 3 rings (SSSR count). The molecule has 0 radical (unpaired) electrons. The second-order valence-corrected chi connectivity index (χ2v) is 5.81. The van der Waals surface area contributed by atoms with Gasteiger partial charge in [-0.05, 0) is 36.2 Å². The number of rotatable bonds is 8. The average molecular weight is 361 g/mol. The Morgan fingerprint density at radius 2 is 1.92 bits per heavy atom. The predicted molar refractivity (Wildman–Crippen MR) is 97.3 cm³/mol. The van der Waals surface area contributed by atoms with E-state index in [4.69, 9.17) is 19.6 Å². The minimum Gasteiger partial charge on any atom is -0.494 e. The Labute approximate surface area is 149 Å². The summed E-state index contributed by atoms with van der Waals surface area (Å²) < 4.78 is 21.5. The first-order chi connectivity index (χ1) is 12.3. The smallest absolute Gasteiger partial charge is 0.239 e. The van der Waals surface area contributed by atoms with E-state index < -0.39 is 0 Å². The van der Waals surface area contributed by atoms with Crippen LogP contribution in [0.3, 0.4) is 0 Å². The molecule has 3 aromatic rings. The molecule has 0 unspecified atom stereocenters. The number of hydrogen-bond acceptors (Lipinski definition) is 8.